The van der Waals surface area contributed by atoms with Gasteiger partial charge in [0.1, 0.15) is 33.6 Å². The first kappa shape index (κ1) is 27.7. The van der Waals surface area contributed by atoms with Crippen LogP contribution in [0, 0.1) is 11.2 Å². The summed E-state index contributed by atoms with van der Waals surface area (Å²) in [7, 11) is 0. The zero-order chi connectivity index (χ0) is 30.0. The van der Waals surface area contributed by atoms with Gasteiger partial charge in [-0.2, -0.15) is 5.10 Å². The van der Waals surface area contributed by atoms with Crippen LogP contribution < -0.4 is 11.1 Å². The summed E-state index contributed by atoms with van der Waals surface area (Å²) in [6.45, 7) is 5.30. The summed E-state index contributed by atoms with van der Waals surface area (Å²) in [5, 5.41) is 20.6. The summed E-state index contributed by atoms with van der Waals surface area (Å²) in [6, 6.07) is 11.5. The van der Waals surface area contributed by atoms with E-state index >= 15 is 0 Å². The number of hydrogen-bond acceptors (Lipinski definition) is 8. The molecule has 6 rings (SSSR count). The molecule has 2 aromatic carbocycles. The zero-order valence-corrected chi connectivity index (χ0v) is 24.3. The second-order valence-corrected chi connectivity index (χ2v) is 12.3. The maximum Gasteiger partial charge on any atom is 0.309 e. The van der Waals surface area contributed by atoms with Gasteiger partial charge in [0.25, 0.3) is 0 Å². The number of fused-ring (bicyclic) bond motifs is 2. The van der Waals surface area contributed by atoms with Crippen LogP contribution in [0.4, 0.5) is 16.0 Å². The van der Waals surface area contributed by atoms with E-state index in [0.29, 0.717) is 33.5 Å². The number of amides is 1. The third-order valence-corrected chi connectivity index (χ3v) is 8.82. The summed E-state index contributed by atoms with van der Waals surface area (Å²) < 4.78 is 15.2. The van der Waals surface area contributed by atoms with Crippen LogP contribution in [-0.4, -0.2) is 41.7 Å². The number of aliphatic carboxylic acids is 1. The number of nitrogens with two attached hydrogens (primary N) is 1. The van der Waals surface area contributed by atoms with Crippen molar-refractivity contribution in [3.8, 4) is 11.5 Å². The van der Waals surface area contributed by atoms with Gasteiger partial charge in [0.15, 0.2) is 5.82 Å². The number of carbonyl (C=O) groups is 2. The van der Waals surface area contributed by atoms with E-state index < -0.39 is 16.8 Å². The third kappa shape index (κ3) is 4.56. The van der Waals surface area contributed by atoms with Gasteiger partial charge in [-0.15, -0.1) is 11.3 Å². The topological polar surface area (TPSA) is 149 Å². The molecule has 1 amide bonds. The van der Waals surface area contributed by atoms with Crippen molar-refractivity contribution in [1.29, 1.82) is 0 Å². The molecular formula is C29H25ClFN7O3S. The number of nitrogens with zero attached hydrogens (tertiary/aromatic N) is 5. The van der Waals surface area contributed by atoms with Crippen LogP contribution in [0.2, 0.25) is 5.02 Å². The van der Waals surface area contributed by atoms with Crippen LogP contribution in [0.5, 0.6) is 0 Å². The molecule has 42 heavy (non-hydrogen) atoms. The molecule has 0 spiro atoms. The Balaban J connectivity index is 1.41. The van der Waals surface area contributed by atoms with Gasteiger partial charge in [-0.1, -0.05) is 23.7 Å². The number of nitrogen functional groups attached to an aromatic ring is 1. The number of carboxylic acid groups (broad SMARTS) is 1. The van der Waals surface area contributed by atoms with Gasteiger partial charge in [-0.25, -0.2) is 19.3 Å². The predicted molar refractivity (Wildman–Crippen MR) is 158 cm³/mol. The van der Waals surface area contributed by atoms with Crippen molar-refractivity contribution in [2.24, 2.45) is 5.41 Å². The Labute approximate surface area is 248 Å². The van der Waals surface area contributed by atoms with Gasteiger partial charge in [-0.3, -0.25) is 14.3 Å². The smallest absolute Gasteiger partial charge is 0.309 e. The average molecular weight is 606 g/mol. The molecule has 10 nitrogen and oxygen atoms in total. The Morgan fingerprint density at radius 2 is 1.93 bits per heavy atom. The summed E-state index contributed by atoms with van der Waals surface area (Å²) in [4.78, 5) is 38.9. The fourth-order valence-corrected chi connectivity index (χ4v) is 6.21. The Hall–Kier alpha value is -4.42. The van der Waals surface area contributed by atoms with Crippen LogP contribution in [0.1, 0.15) is 42.6 Å². The number of hydrogen-bond donors (Lipinski definition) is 3. The lowest BCUT2D eigenvalue weighted by atomic mass is 9.85. The van der Waals surface area contributed by atoms with Crippen molar-refractivity contribution in [3.63, 3.8) is 0 Å². The van der Waals surface area contributed by atoms with Gasteiger partial charge in [0.05, 0.1) is 28.7 Å². The molecule has 0 saturated carbocycles. The molecule has 1 unspecified atom stereocenters. The molecule has 1 aliphatic rings. The number of nitrogens with one attached hydrogen (secondary N) is 1. The number of halogens is 2. The average Bonchev–Trinajstić information content (AvgIpc) is 3.60. The van der Waals surface area contributed by atoms with Crippen LogP contribution >= 0.6 is 22.9 Å². The Morgan fingerprint density at radius 1 is 1.19 bits per heavy atom. The lowest BCUT2D eigenvalue weighted by Gasteiger charge is -2.20. The molecule has 0 saturated heterocycles. The number of carbonyl (C=O) groups excluding carboxylic acids is 1. The lowest BCUT2D eigenvalue weighted by molar-refractivity contribution is -0.146. The summed E-state index contributed by atoms with van der Waals surface area (Å²) in [5.41, 5.74) is 7.17. The number of rotatable bonds is 7. The molecule has 0 aliphatic carbocycles. The van der Waals surface area contributed by atoms with Crippen molar-refractivity contribution in [2.75, 3.05) is 11.1 Å². The van der Waals surface area contributed by atoms with Gasteiger partial charge in [0.2, 0.25) is 5.91 Å². The molecule has 3 aromatic heterocycles. The number of benzene rings is 2. The molecule has 0 radical (unpaired) electrons. The van der Waals surface area contributed by atoms with Crippen LogP contribution in [0.3, 0.4) is 0 Å². The molecule has 4 N–H and O–H groups in total. The van der Waals surface area contributed by atoms with Gasteiger partial charge < -0.3 is 16.2 Å². The molecule has 214 valence electrons. The highest BCUT2D eigenvalue weighted by atomic mass is 35.5. The number of carboxylic acids is 1. The normalized spacial score (nSPS) is 16.5. The zero-order valence-electron chi connectivity index (χ0n) is 22.8. The first-order valence-corrected chi connectivity index (χ1v) is 14.2. The summed E-state index contributed by atoms with van der Waals surface area (Å²) >= 11 is 7.56. The van der Waals surface area contributed by atoms with Crippen molar-refractivity contribution in [3.05, 3.63) is 80.5 Å². The molecule has 5 aromatic rings. The number of thiazole rings is 1. The van der Waals surface area contributed by atoms with Crippen molar-refractivity contribution in [2.45, 2.75) is 39.2 Å². The molecule has 1 aliphatic heterocycles. The fraction of sp³-hybridized carbons (Fsp3) is 0.241. The maximum absolute atomic E-state index is 13.5. The Bertz CT molecular complexity index is 1900. The predicted octanol–water partition coefficient (Wildman–Crippen LogP) is 5.28. The highest BCUT2D eigenvalue weighted by molar-refractivity contribution is 7.10. The van der Waals surface area contributed by atoms with E-state index in [9.17, 15) is 19.1 Å². The van der Waals surface area contributed by atoms with E-state index in [1.165, 1.54) is 23.5 Å². The molecule has 4 heterocycles. The first-order chi connectivity index (χ1) is 19.9. The van der Waals surface area contributed by atoms with Crippen LogP contribution in [0.25, 0.3) is 22.4 Å². The van der Waals surface area contributed by atoms with E-state index in [4.69, 9.17) is 22.4 Å². The first-order valence-electron chi connectivity index (χ1n) is 13.0. The van der Waals surface area contributed by atoms with E-state index in [0.717, 1.165) is 16.5 Å². The summed E-state index contributed by atoms with van der Waals surface area (Å²) in [6.07, 6.45) is 0.200. The summed E-state index contributed by atoms with van der Waals surface area (Å²) in [5.74, 6) is -1.08. The van der Waals surface area contributed by atoms with Crippen LogP contribution in [-0.2, 0) is 28.0 Å². The number of anilines is 2. The van der Waals surface area contributed by atoms with E-state index in [2.05, 4.69) is 20.3 Å². The van der Waals surface area contributed by atoms with Gasteiger partial charge in [0, 0.05) is 22.2 Å². The minimum absolute atomic E-state index is 0.0914. The SMILES string of the molecule is CC(C)(Cc1csc(C2(C)C(=O)Nc3nc(-c4nn(Cc5ccc(F)cc5)c5cc(Cl)ccc45)nc(N)c32)n1)C(=O)O. The quantitative estimate of drug-likeness (QED) is 0.227. The van der Waals surface area contributed by atoms with Crippen molar-refractivity contribution >= 4 is 57.4 Å². The highest BCUT2D eigenvalue weighted by Crippen LogP contribution is 2.46. The van der Waals surface area contributed by atoms with E-state index in [1.807, 2.05) is 6.07 Å². The molecular weight excluding hydrogens is 581 g/mol. The molecule has 13 heteroatoms. The number of aromatic nitrogens is 5. The van der Waals surface area contributed by atoms with Crippen LogP contribution in [0.15, 0.2) is 47.8 Å². The monoisotopic (exact) mass is 605 g/mol. The highest BCUT2D eigenvalue weighted by Gasteiger charge is 2.50. The maximum atomic E-state index is 13.5. The minimum atomic E-state index is -1.27. The molecule has 0 bridgehead atoms. The van der Waals surface area contributed by atoms with Gasteiger partial charge >= 0.3 is 5.97 Å². The fourth-order valence-electron chi connectivity index (χ4n) is 5.06. The van der Waals surface area contributed by atoms with Gasteiger partial charge in [-0.05, 0) is 56.7 Å². The largest absolute Gasteiger partial charge is 0.481 e. The Kier molecular flexibility index (Phi) is 6.50. The Morgan fingerprint density at radius 3 is 2.64 bits per heavy atom. The lowest BCUT2D eigenvalue weighted by Crippen LogP contribution is -2.33. The molecule has 0 fully saturated rings. The van der Waals surface area contributed by atoms with Crippen molar-refractivity contribution < 1.29 is 19.1 Å². The second kappa shape index (κ2) is 9.85. The van der Waals surface area contributed by atoms with E-state index in [1.54, 1.807) is 55.1 Å². The second-order valence-electron chi connectivity index (χ2n) is 11.0. The minimum Gasteiger partial charge on any atom is -0.481 e. The van der Waals surface area contributed by atoms with E-state index in [-0.39, 0.29) is 35.6 Å². The van der Waals surface area contributed by atoms with Crippen molar-refractivity contribution in [1.82, 2.24) is 24.7 Å². The third-order valence-electron chi connectivity index (χ3n) is 7.48. The standard InChI is InChI=1S/C29H25ClFN7O3S/c1-28(2,27(40)41)11-17-13-42-26(33-17)29(3)20-22(32)34-24(35-23(20)36-25(29)39)21-18-9-6-15(30)10-19(18)38(37-21)12-14-4-7-16(31)8-5-14/h4-10,13H,11-12H2,1-3H3,(H,40,41)(H3,32,34,35,36,39). The molecule has 1 atom stereocenters.